The summed E-state index contributed by atoms with van der Waals surface area (Å²) in [6, 6.07) is 4.21. The molecule has 0 spiro atoms. The Morgan fingerprint density at radius 1 is 1.44 bits per heavy atom. The van der Waals surface area contributed by atoms with Crippen molar-refractivity contribution < 1.29 is 9.53 Å². The number of rotatable bonds is 4. The molecular weight excluding hydrogens is 294 g/mol. The number of amides is 1. The normalized spacial score (nSPS) is 15.3. The quantitative estimate of drug-likeness (QED) is 0.927. The van der Waals surface area contributed by atoms with E-state index in [1.807, 2.05) is 6.92 Å². The van der Waals surface area contributed by atoms with E-state index in [0.29, 0.717) is 6.61 Å². The zero-order chi connectivity index (χ0) is 13.1. The summed E-state index contributed by atoms with van der Waals surface area (Å²) in [5.74, 6) is -0.148. The molecule has 98 valence electrons. The Hall–Kier alpha value is -0.870. The lowest BCUT2D eigenvalue weighted by molar-refractivity contribution is -0.120. The number of anilines is 1. The Labute approximate surface area is 116 Å². The Balaban J connectivity index is 2.12. The second kappa shape index (κ2) is 5.85. The second-order valence-electron chi connectivity index (χ2n) is 4.80. The SMILES string of the molecule is COC[C@H](C)C(=O)Nc1cc2c(cc1Br)CCC2. The van der Waals surface area contributed by atoms with E-state index in [1.165, 1.54) is 17.5 Å². The fraction of sp³-hybridized carbons (Fsp3) is 0.500. The molecule has 1 aliphatic carbocycles. The van der Waals surface area contributed by atoms with E-state index in [2.05, 4.69) is 33.4 Å². The number of fused-ring (bicyclic) bond motifs is 1. The van der Waals surface area contributed by atoms with E-state index in [0.717, 1.165) is 23.0 Å². The Morgan fingerprint density at radius 3 is 2.78 bits per heavy atom. The van der Waals surface area contributed by atoms with Crippen molar-refractivity contribution >= 4 is 27.5 Å². The van der Waals surface area contributed by atoms with Gasteiger partial charge in [0.25, 0.3) is 0 Å². The van der Waals surface area contributed by atoms with Gasteiger partial charge < -0.3 is 10.1 Å². The molecule has 18 heavy (non-hydrogen) atoms. The van der Waals surface area contributed by atoms with E-state index in [4.69, 9.17) is 4.74 Å². The predicted molar refractivity (Wildman–Crippen MR) is 75.8 cm³/mol. The summed E-state index contributed by atoms with van der Waals surface area (Å²) in [6.45, 7) is 2.30. The summed E-state index contributed by atoms with van der Waals surface area (Å²) in [5, 5.41) is 2.96. The third-order valence-electron chi connectivity index (χ3n) is 3.30. The second-order valence-corrected chi connectivity index (χ2v) is 5.65. The van der Waals surface area contributed by atoms with Crippen molar-refractivity contribution in [1.29, 1.82) is 0 Å². The molecule has 0 heterocycles. The Bertz CT molecular complexity index is 459. The molecule has 0 saturated carbocycles. The first-order chi connectivity index (χ1) is 8.61. The summed E-state index contributed by atoms with van der Waals surface area (Å²) >= 11 is 3.52. The number of methoxy groups -OCH3 is 1. The maximum absolute atomic E-state index is 11.9. The smallest absolute Gasteiger partial charge is 0.229 e. The number of benzene rings is 1. The highest BCUT2D eigenvalue weighted by atomic mass is 79.9. The van der Waals surface area contributed by atoms with Crippen LogP contribution in [0.2, 0.25) is 0 Å². The maximum Gasteiger partial charge on any atom is 0.229 e. The van der Waals surface area contributed by atoms with Gasteiger partial charge in [-0.15, -0.1) is 0 Å². The topological polar surface area (TPSA) is 38.3 Å². The molecule has 0 radical (unpaired) electrons. The van der Waals surface area contributed by atoms with Gasteiger partial charge in [0.1, 0.15) is 0 Å². The average Bonchev–Trinajstić information content (AvgIpc) is 2.76. The van der Waals surface area contributed by atoms with Crippen LogP contribution < -0.4 is 5.32 Å². The van der Waals surface area contributed by atoms with Crippen LogP contribution in [0.15, 0.2) is 16.6 Å². The summed E-state index contributed by atoms with van der Waals surface area (Å²) in [4.78, 5) is 11.9. The van der Waals surface area contributed by atoms with Crippen LogP contribution in [-0.4, -0.2) is 19.6 Å². The van der Waals surface area contributed by atoms with E-state index < -0.39 is 0 Å². The first-order valence-corrected chi connectivity index (χ1v) is 7.02. The van der Waals surface area contributed by atoms with Gasteiger partial charge in [0, 0.05) is 11.6 Å². The third-order valence-corrected chi connectivity index (χ3v) is 3.96. The number of hydrogen-bond donors (Lipinski definition) is 1. The van der Waals surface area contributed by atoms with Crippen molar-refractivity contribution in [3.63, 3.8) is 0 Å². The molecule has 0 aliphatic heterocycles. The van der Waals surface area contributed by atoms with Crippen LogP contribution >= 0.6 is 15.9 Å². The summed E-state index contributed by atoms with van der Waals surface area (Å²) in [5.41, 5.74) is 3.61. The summed E-state index contributed by atoms with van der Waals surface area (Å²) in [6.07, 6.45) is 3.46. The van der Waals surface area contributed by atoms with Crippen LogP contribution in [-0.2, 0) is 22.4 Å². The van der Waals surface area contributed by atoms with Gasteiger partial charge >= 0.3 is 0 Å². The van der Waals surface area contributed by atoms with Gasteiger partial charge in [-0.25, -0.2) is 0 Å². The van der Waals surface area contributed by atoms with Crippen molar-refractivity contribution in [2.75, 3.05) is 19.0 Å². The lowest BCUT2D eigenvalue weighted by atomic mass is 10.1. The first-order valence-electron chi connectivity index (χ1n) is 6.23. The minimum atomic E-state index is -0.143. The van der Waals surface area contributed by atoms with Crippen molar-refractivity contribution in [3.8, 4) is 0 Å². The fourth-order valence-corrected chi connectivity index (χ4v) is 2.76. The molecular formula is C14H18BrNO2. The van der Waals surface area contributed by atoms with Crippen LogP contribution in [0.4, 0.5) is 5.69 Å². The van der Waals surface area contributed by atoms with Crippen molar-refractivity contribution in [3.05, 3.63) is 27.7 Å². The molecule has 1 aliphatic rings. The zero-order valence-corrected chi connectivity index (χ0v) is 12.3. The predicted octanol–water partition coefficient (Wildman–Crippen LogP) is 3.16. The van der Waals surface area contributed by atoms with Gasteiger partial charge in [-0.2, -0.15) is 0 Å². The lowest BCUT2D eigenvalue weighted by Crippen LogP contribution is -2.24. The number of aryl methyl sites for hydroxylation is 2. The molecule has 0 aromatic heterocycles. The number of carbonyl (C=O) groups is 1. The van der Waals surface area contributed by atoms with E-state index >= 15 is 0 Å². The molecule has 2 rings (SSSR count). The number of halogens is 1. The number of hydrogen-bond acceptors (Lipinski definition) is 2. The van der Waals surface area contributed by atoms with E-state index in [-0.39, 0.29) is 11.8 Å². The zero-order valence-electron chi connectivity index (χ0n) is 10.8. The van der Waals surface area contributed by atoms with Gasteiger partial charge in [0.2, 0.25) is 5.91 Å². The molecule has 1 aromatic rings. The Morgan fingerprint density at radius 2 is 2.11 bits per heavy atom. The van der Waals surface area contributed by atoms with Crippen molar-refractivity contribution in [2.24, 2.45) is 5.92 Å². The molecule has 1 aromatic carbocycles. The number of nitrogens with one attached hydrogen (secondary N) is 1. The van der Waals surface area contributed by atoms with Crippen LogP contribution in [0, 0.1) is 5.92 Å². The molecule has 1 amide bonds. The maximum atomic E-state index is 11.9. The molecule has 0 saturated heterocycles. The number of carbonyl (C=O) groups excluding carboxylic acids is 1. The van der Waals surface area contributed by atoms with Gasteiger partial charge in [0.15, 0.2) is 0 Å². The third kappa shape index (κ3) is 2.93. The summed E-state index contributed by atoms with van der Waals surface area (Å²) in [7, 11) is 1.61. The molecule has 4 heteroatoms. The van der Waals surface area contributed by atoms with Crippen molar-refractivity contribution in [1.82, 2.24) is 0 Å². The molecule has 1 N–H and O–H groups in total. The largest absolute Gasteiger partial charge is 0.384 e. The fourth-order valence-electron chi connectivity index (χ4n) is 2.27. The number of ether oxygens (including phenoxy) is 1. The van der Waals surface area contributed by atoms with Crippen LogP contribution in [0.3, 0.4) is 0 Å². The van der Waals surface area contributed by atoms with Crippen molar-refractivity contribution in [2.45, 2.75) is 26.2 Å². The highest BCUT2D eigenvalue weighted by molar-refractivity contribution is 9.10. The highest BCUT2D eigenvalue weighted by Crippen LogP contribution is 2.31. The van der Waals surface area contributed by atoms with Crippen LogP contribution in [0.1, 0.15) is 24.5 Å². The van der Waals surface area contributed by atoms with Gasteiger partial charge in [-0.3, -0.25) is 4.79 Å². The molecule has 0 bridgehead atoms. The lowest BCUT2D eigenvalue weighted by Gasteiger charge is -2.13. The Kier molecular flexibility index (Phi) is 4.40. The van der Waals surface area contributed by atoms with E-state index in [9.17, 15) is 4.79 Å². The summed E-state index contributed by atoms with van der Waals surface area (Å²) < 4.78 is 5.95. The standard InChI is InChI=1S/C14H18BrNO2/c1-9(8-18-2)14(17)16-13-7-11-5-3-4-10(11)6-12(13)15/h6-7,9H,3-5,8H2,1-2H3,(H,16,17)/t9-/m0/s1. The monoisotopic (exact) mass is 311 g/mol. The molecule has 1 atom stereocenters. The highest BCUT2D eigenvalue weighted by Gasteiger charge is 2.17. The van der Waals surface area contributed by atoms with Crippen LogP contribution in [0.25, 0.3) is 0 Å². The van der Waals surface area contributed by atoms with Gasteiger partial charge in [-0.05, 0) is 58.5 Å². The molecule has 0 fully saturated rings. The van der Waals surface area contributed by atoms with Crippen LogP contribution in [0.5, 0.6) is 0 Å². The minimum Gasteiger partial charge on any atom is -0.384 e. The van der Waals surface area contributed by atoms with E-state index in [1.54, 1.807) is 7.11 Å². The van der Waals surface area contributed by atoms with Gasteiger partial charge in [0.05, 0.1) is 18.2 Å². The molecule has 3 nitrogen and oxygen atoms in total. The molecule has 0 unspecified atom stereocenters. The average molecular weight is 312 g/mol. The van der Waals surface area contributed by atoms with Gasteiger partial charge in [-0.1, -0.05) is 6.92 Å². The first kappa shape index (κ1) is 13.6. The minimum absolute atomic E-state index is 0.00417.